The molecule has 176 valence electrons. The summed E-state index contributed by atoms with van der Waals surface area (Å²) >= 11 is 12.5. The van der Waals surface area contributed by atoms with Gasteiger partial charge in [-0.1, -0.05) is 36.2 Å². The SMILES string of the molecule is CC[C@@H](c1ccc(Cl)c(Cl)c1)N1C[C@H]2COc3c(c4nc(C#N)ccc4n(C)c3=O)N2C[C@H]1C. The van der Waals surface area contributed by atoms with Gasteiger partial charge in [0.2, 0.25) is 5.75 Å². The molecule has 2 aromatic heterocycles. The zero-order valence-electron chi connectivity index (χ0n) is 19.3. The van der Waals surface area contributed by atoms with Crippen molar-refractivity contribution in [1.82, 2.24) is 14.5 Å². The maximum absolute atomic E-state index is 13.1. The molecule has 5 rings (SSSR count). The van der Waals surface area contributed by atoms with Gasteiger partial charge in [0, 0.05) is 32.2 Å². The van der Waals surface area contributed by atoms with Gasteiger partial charge in [-0.25, -0.2) is 4.98 Å². The molecule has 4 heterocycles. The fourth-order valence-electron chi connectivity index (χ4n) is 5.30. The second kappa shape index (κ2) is 8.77. The Labute approximate surface area is 208 Å². The van der Waals surface area contributed by atoms with E-state index in [4.69, 9.17) is 27.9 Å². The number of fused-ring (bicyclic) bond motifs is 5. The second-order valence-electron chi connectivity index (χ2n) is 8.98. The van der Waals surface area contributed by atoms with E-state index in [1.165, 1.54) is 0 Å². The highest BCUT2D eigenvalue weighted by Crippen LogP contribution is 2.41. The van der Waals surface area contributed by atoms with Crippen molar-refractivity contribution in [2.75, 3.05) is 24.6 Å². The minimum atomic E-state index is -0.190. The number of hydrogen-bond acceptors (Lipinski definition) is 6. The molecule has 0 radical (unpaired) electrons. The Bertz CT molecular complexity index is 1380. The molecule has 1 saturated heterocycles. The lowest BCUT2D eigenvalue weighted by atomic mass is 9.96. The molecule has 0 amide bonds. The number of ether oxygens (including phenoxy) is 1. The Kier molecular flexibility index (Phi) is 5.93. The van der Waals surface area contributed by atoms with E-state index in [1.807, 2.05) is 18.2 Å². The highest BCUT2D eigenvalue weighted by atomic mass is 35.5. The number of halogens is 2. The molecule has 0 N–H and O–H groups in total. The zero-order chi connectivity index (χ0) is 24.1. The molecular formula is C25H25Cl2N5O2. The first-order valence-electron chi connectivity index (χ1n) is 11.4. The molecule has 0 bridgehead atoms. The molecule has 0 spiro atoms. The van der Waals surface area contributed by atoms with Gasteiger partial charge >= 0.3 is 0 Å². The maximum atomic E-state index is 13.1. The number of nitrogens with zero attached hydrogens (tertiary/aromatic N) is 5. The molecule has 1 fully saturated rings. The molecule has 1 aromatic carbocycles. The van der Waals surface area contributed by atoms with Crippen LogP contribution < -0.4 is 15.2 Å². The van der Waals surface area contributed by atoms with Gasteiger partial charge in [0.1, 0.15) is 29.6 Å². The van der Waals surface area contributed by atoms with E-state index < -0.39 is 0 Å². The van der Waals surface area contributed by atoms with E-state index >= 15 is 0 Å². The lowest BCUT2D eigenvalue weighted by Gasteiger charge is -2.51. The van der Waals surface area contributed by atoms with Crippen LogP contribution in [0, 0.1) is 11.3 Å². The molecule has 0 aliphatic carbocycles. The van der Waals surface area contributed by atoms with Crippen molar-refractivity contribution in [3.05, 3.63) is 62.0 Å². The average molecular weight is 498 g/mol. The second-order valence-corrected chi connectivity index (χ2v) is 9.79. The molecule has 0 unspecified atom stereocenters. The Morgan fingerprint density at radius 3 is 2.74 bits per heavy atom. The van der Waals surface area contributed by atoms with Crippen molar-refractivity contribution < 1.29 is 4.74 Å². The van der Waals surface area contributed by atoms with Crippen LogP contribution in [-0.4, -0.2) is 46.2 Å². The highest BCUT2D eigenvalue weighted by Gasteiger charge is 2.41. The molecule has 2 aliphatic rings. The van der Waals surface area contributed by atoms with Gasteiger partial charge in [-0.05, 0) is 43.2 Å². The van der Waals surface area contributed by atoms with Crippen LogP contribution >= 0.6 is 23.2 Å². The van der Waals surface area contributed by atoms with Crippen LogP contribution in [0.3, 0.4) is 0 Å². The predicted octanol–water partition coefficient (Wildman–Crippen LogP) is 4.53. The lowest BCUT2D eigenvalue weighted by molar-refractivity contribution is 0.0823. The van der Waals surface area contributed by atoms with E-state index in [1.54, 1.807) is 23.7 Å². The minimum Gasteiger partial charge on any atom is -0.484 e. The van der Waals surface area contributed by atoms with Crippen LogP contribution in [0.25, 0.3) is 11.0 Å². The highest BCUT2D eigenvalue weighted by molar-refractivity contribution is 6.42. The van der Waals surface area contributed by atoms with E-state index in [9.17, 15) is 10.1 Å². The van der Waals surface area contributed by atoms with Gasteiger partial charge < -0.3 is 14.2 Å². The average Bonchev–Trinajstić information content (AvgIpc) is 2.84. The summed E-state index contributed by atoms with van der Waals surface area (Å²) in [4.78, 5) is 22.4. The summed E-state index contributed by atoms with van der Waals surface area (Å²) in [6.07, 6.45) is 0.920. The molecular weight excluding hydrogens is 473 g/mol. The molecule has 3 aromatic rings. The molecule has 34 heavy (non-hydrogen) atoms. The van der Waals surface area contributed by atoms with Gasteiger partial charge in [0.15, 0.2) is 0 Å². The molecule has 7 nitrogen and oxygen atoms in total. The third kappa shape index (κ3) is 3.61. The van der Waals surface area contributed by atoms with Gasteiger partial charge in [-0.2, -0.15) is 5.26 Å². The van der Waals surface area contributed by atoms with Crippen molar-refractivity contribution >= 4 is 39.9 Å². The van der Waals surface area contributed by atoms with Gasteiger partial charge in [-0.15, -0.1) is 0 Å². The summed E-state index contributed by atoms with van der Waals surface area (Å²) < 4.78 is 7.60. The number of rotatable bonds is 3. The number of hydrogen-bond donors (Lipinski definition) is 0. The van der Waals surface area contributed by atoms with Crippen LogP contribution in [-0.2, 0) is 7.05 Å². The van der Waals surface area contributed by atoms with Crippen LogP contribution in [0.1, 0.15) is 37.6 Å². The number of aromatic nitrogens is 2. The number of nitriles is 1. The summed E-state index contributed by atoms with van der Waals surface area (Å²) in [5, 5.41) is 10.5. The smallest absolute Gasteiger partial charge is 0.295 e. The quantitative estimate of drug-likeness (QED) is 0.528. The Morgan fingerprint density at radius 2 is 2.03 bits per heavy atom. The zero-order valence-corrected chi connectivity index (χ0v) is 20.8. The Balaban J connectivity index is 1.56. The maximum Gasteiger partial charge on any atom is 0.295 e. The van der Waals surface area contributed by atoms with Crippen molar-refractivity contribution in [2.45, 2.75) is 38.4 Å². The molecule has 9 heteroatoms. The van der Waals surface area contributed by atoms with Crippen molar-refractivity contribution in [2.24, 2.45) is 7.05 Å². The predicted molar refractivity (Wildman–Crippen MR) is 134 cm³/mol. The Morgan fingerprint density at radius 1 is 1.24 bits per heavy atom. The summed E-state index contributed by atoms with van der Waals surface area (Å²) in [7, 11) is 1.71. The van der Waals surface area contributed by atoms with E-state index in [0.717, 1.165) is 18.5 Å². The Hall–Kier alpha value is -2.79. The van der Waals surface area contributed by atoms with Crippen LogP contribution in [0.5, 0.6) is 5.75 Å². The molecule has 2 aliphatic heterocycles. The molecule has 0 saturated carbocycles. The topological polar surface area (TPSA) is 74.4 Å². The van der Waals surface area contributed by atoms with Crippen molar-refractivity contribution in [3.8, 4) is 11.8 Å². The summed E-state index contributed by atoms with van der Waals surface area (Å²) in [5.41, 5.74) is 3.26. The fourth-order valence-corrected chi connectivity index (χ4v) is 5.60. The van der Waals surface area contributed by atoms with Gasteiger partial charge in [-0.3, -0.25) is 9.69 Å². The first-order chi connectivity index (χ1) is 16.3. The number of aryl methyl sites for hydroxylation is 1. The third-order valence-electron chi connectivity index (χ3n) is 7.00. The monoisotopic (exact) mass is 497 g/mol. The van der Waals surface area contributed by atoms with Gasteiger partial charge in [0.25, 0.3) is 5.56 Å². The largest absolute Gasteiger partial charge is 0.484 e. The van der Waals surface area contributed by atoms with Crippen molar-refractivity contribution in [1.29, 1.82) is 5.26 Å². The first kappa shape index (κ1) is 23.0. The van der Waals surface area contributed by atoms with E-state index in [0.29, 0.717) is 51.4 Å². The molecule has 3 atom stereocenters. The summed E-state index contributed by atoms with van der Waals surface area (Å²) in [6.45, 7) is 6.24. The first-order valence-corrected chi connectivity index (χ1v) is 12.1. The van der Waals surface area contributed by atoms with Crippen molar-refractivity contribution in [3.63, 3.8) is 0 Å². The summed E-state index contributed by atoms with van der Waals surface area (Å²) in [5.74, 6) is 0.311. The number of piperazine rings is 1. The van der Waals surface area contributed by atoms with E-state index in [2.05, 4.69) is 34.7 Å². The van der Waals surface area contributed by atoms with Crippen LogP contribution in [0.2, 0.25) is 10.0 Å². The summed E-state index contributed by atoms with van der Waals surface area (Å²) in [6, 6.07) is 11.8. The van der Waals surface area contributed by atoms with Crippen LogP contribution in [0.4, 0.5) is 5.69 Å². The van der Waals surface area contributed by atoms with Gasteiger partial charge in [0.05, 0.1) is 21.6 Å². The van der Waals surface area contributed by atoms with E-state index in [-0.39, 0.29) is 23.7 Å². The lowest BCUT2D eigenvalue weighted by Crippen LogP contribution is -2.61. The number of anilines is 1. The normalized spacial score (nSPS) is 20.9. The standard InChI is InChI=1S/C25H25Cl2N5O2/c1-4-20(15-5-7-18(26)19(27)9-15)31-12-17-13-34-24-23(32(17)11-14(31)2)22-21(30(3)25(24)33)8-6-16(10-28)29-22/h5-9,14,17,20H,4,11-13H2,1-3H3/t14-,17+,20+/m1/s1. The minimum absolute atomic E-state index is 0.0448. The van der Waals surface area contributed by atoms with Crippen LogP contribution in [0.15, 0.2) is 35.1 Å². The fraction of sp³-hybridized carbons (Fsp3) is 0.400. The third-order valence-corrected chi connectivity index (χ3v) is 7.74. The number of pyridine rings is 2. The number of benzene rings is 1.